The fourth-order valence-corrected chi connectivity index (χ4v) is 5.65. The number of carbonyl (C=O) groups is 1. The Kier molecular flexibility index (Phi) is 6.46. The maximum atomic E-state index is 11.4. The average Bonchev–Trinajstić information content (AvgIpc) is 3.05. The van der Waals surface area contributed by atoms with E-state index in [-0.39, 0.29) is 0 Å². The van der Waals surface area contributed by atoms with Gasteiger partial charge in [0, 0.05) is 22.8 Å². The molecule has 7 aromatic rings. The smallest absolute Gasteiger partial charge is 0.335 e. The molecule has 0 amide bonds. The Hall–Kier alpha value is -5.67. The fourth-order valence-electron chi connectivity index (χ4n) is 5.65. The zero-order chi connectivity index (χ0) is 28.5. The van der Waals surface area contributed by atoms with Crippen LogP contribution in [-0.4, -0.2) is 5.97 Å². The topological polar surface area (TPSA) is 29.5 Å². The quantitative estimate of drug-likeness (QED) is 0.0661. The van der Waals surface area contributed by atoms with E-state index in [0.29, 0.717) is 5.75 Å². The highest BCUT2D eigenvalue weighted by Gasteiger charge is 2.18. The van der Waals surface area contributed by atoms with Gasteiger partial charge in [0.1, 0.15) is 5.75 Å². The second-order valence-corrected chi connectivity index (χ2v) is 10.2. The Bertz CT molecular complexity index is 2060. The van der Waals surface area contributed by atoms with Crippen LogP contribution in [0.15, 0.2) is 146 Å². The van der Waals surface area contributed by atoms with Gasteiger partial charge >= 0.3 is 5.97 Å². The number of carbonyl (C=O) groups excluding carboxylic acids is 1. The number of nitrogens with zero attached hydrogens (tertiary/aromatic N) is 1. The van der Waals surface area contributed by atoms with Crippen LogP contribution in [0, 0.1) is 0 Å². The molecule has 0 aliphatic carbocycles. The second-order valence-electron chi connectivity index (χ2n) is 10.2. The highest BCUT2D eigenvalue weighted by Crippen LogP contribution is 2.43. The molecule has 0 radical (unpaired) electrons. The van der Waals surface area contributed by atoms with Crippen LogP contribution in [-0.2, 0) is 4.79 Å². The van der Waals surface area contributed by atoms with E-state index in [9.17, 15) is 4.79 Å². The maximum absolute atomic E-state index is 11.4. The Morgan fingerprint density at radius 2 is 1.14 bits per heavy atom. The van der Waals surface area contributed by atoms with Crippen LogP contribution in [0.5, 0.6) is 5.75 Å². The molecule has 0 aromatic heterocycles. The van der Waals surface area contributed by atoms with Gasteiger partial charge < -0.3 is 9.64 Å². The van der Waals surface area contributed by atoms with Crippen LogP contribution in [0.2, 0.25) is 0 Å². The third kappa shape index (κ3) is 4.67. The van der Waals surface area contributed by atoms with Crippen molar-refractivity contribution >= 4 is 67.5 Å². The molecule has 7 aromatic carbocycles. The summed E-state index contributed by atoms with van der Waals surface area (Å²) >= 11 is 0. The van der Waals surface area contributed by atoms with Crippen molar-refractivity contribution in [2.45, 2.75) is 0 Å². The molecule has 0 bridgehead atoms. The summed E-state index contributed by atoms with van der Waals surface area (Å²) in [7, 11) is 0. The Labute approximate surface area is 244 Å². The van der Waals surface area contributed by atoms with Crippen LogP contribution >= 0.6 is 0 Å². The van der Waals surface area contributed by atoms with Crippen molar-refractivity contribution in [3.05, 3.63) is 157 Å². The highest BCUT2D eigenvalue weighted by molar-refractivity contribution is 6.25. The van der Waals surface area contributed by atoms with Gasteiger partial charge in [-0.1, -0.05) is 110 Å². The monoisotopic (exact) mass is 541 g/mol. The fraction of sp³-hybridized carbons (Fsp3) is 0. The minimum Gasteiger partial charge on any atom is -0.423 e. The Morgan fingerprint density at radius 3 is 1.81 bits per heavy atom. The minimum absolute atomic E-state index is 0.468. The number of ether oxygens (including phenoxy) is 1. The van der Waals surface area contributed by atoms with E-state index in [1.165, 1.54) is 32.3 Å². The van der Waals surface area contributed by atoms with Crippen molar-refractivity contribution in [2.75, 3.05) is 4.90 Å². The number of hydrogen-bond acceptors (Lipinski definition) is 3. The number of anilines is 3. The molecule has 0 spiro atoms. The summed E-state index contributed by atoms with van der Waals surface area (Å²) < 4.78 is 5.16. The lowest BCUT2D eigenvalue weighted by molar-refractivity contribution is -0.128. The molecule has 0 saturated heterocycles. The van der Waals surface area contributed by atoms with Gasteiger partial charge in [-0.2, -0.15) is 0 Å². The zero-order valence-electron chi connectivity index (χ0n) is 22.9. The van der Waals surface area contributed by atoms with Crippen molar-refractivity contribution in [3.8, 4) is 5.75 Å². The van der Waals surface area contributed by atoms with E-state index in [2.05, 4.69) is 127 Å². The molecular formula is C39H27NO2. The summed E-state index contributed by atoms with van der Waals surface area (Å²) in [5.74, 6) is 0.0271. The minimum atomic E-state index is -0.468. The van der Waals surface area contributed by atoms with E-state index in [1.54, 1.807) is 12.1 Å². The van der Waals surface area contributed by atoms with E-state index in [0.717, 1.165) is 34.3 Å². The Morgan fingerprint density at radius 1 is 0.571 bits per heavy atom. The molecule has 0 aliphatic heterocycles. The number of esters is 1. The van der Waals surface area contributed by atoms with Gasteiger partial charge in [0.05, 0.1) is 5.69 Å². The summed E-state index contributed by atoms with van der Waals surface area (Å²) in [4.78, 5) is 13.8. The van der Waals surface area contributed by atoms with E-state index >= 15 is 0 Å². The van der Waals surface area contributed by atoms with Gasteiger partial charge in [-0.15, -0.1) is 0 Å². The molecule has 200 valence electrons. The van der Waals surface area contributed by atoms with Crippen molar-refractivity contribution in [1.29, 1.82) is 0 Å². The first-order valence-corrected chi connectivity index (χ1v) is 13.9. The van der Waals surface area contributed by atoms with Gasteiger partial charge in [-0.3, -0.25) is 0 Å². The van der Waals surface area contributed by atoms with Crippen LogP contribution < -0.4 is 9.64 Å². The van der Waals surface area contributed by atoms with Gasteiger partial charge in [0.25, 0.3) is 0 Å². The summed E-state index contributed by atoms with van der Waals surface area (Å²) in [5.41, 5.74) is 5.43. The highest BCUT2D eigenvalue weighted by atomic mass is 16.5. The lowest BCUT2D eigenvalue weighted by Crippen LogP contribution is -2.10. The Balaban J connectivity index is 1.26. The SMILES string of the molecule is C=CC(=O)Oc1ccc(C=Cc2ccc(N(c3ccccc3)c3ccc4ccc5cccc6ccc3c4c56)cc2)cc1. The molecule has 0 aliphatic rings. The predicted molar refractivity (Wildman–Crippen MR) is 176 cm³/mol. The second kappa shape index (κ2) is 10.7. The van der Waals surface area contributed by atoms with Crippen molar-refractivity contribution in [3.63, 3.8) is 0 Å². The molecule has 3 heteroatoms. The van der Waals surface area contributed by atoms with Gasteiger partial charge in [-0.05, 0) is 80.5 Å². The van der Waals surface area contributed by atoms with E-state index in [1.807, 2.05) is 18.2 Å². The predicted octanol–water partition coefficient (Wildman–Crippen LogP) is 10.3. The van der Waals surface area contributed by atoms with Gasteiger partial charge in [-0.25, -0.2) is 4.79 Å². The van der Waals surface area contributed by atoms with Crippen LogP contribution in [0.4, 0.5) is 17.1 Å². The normalized spacial score (nSPS) is 11.4. The molecule has 0 heterocycles. The number of rotatable bonds is 7. The molecule has 7 rings (SSSR count). The molecule has 0 N–H and O–H groups in total. The van der Waals surface area contributed by atoms with E-state index < -0.39 is 5.97 Å². The van der Waals surface area contributed by atoms with Gasteiger partial charge in [0.15, 0.2) is 0 Å². The van der Waals surface area contributed by atoms with Crippen LogP contribution in [0.25, 0.3) is 44.5 Å². The standard InChI is InChI=1S/C39H27NO2/c1-2-37(41)42-34-23-15-28(16-24-34)12-11-27-13-21-33(22-14-27)40(32-9-4-3-5-10-32)36-26-20-31-18-17-29-7-6-8-30-19-25-35(36)39(31)38(29)30/h2-26H,1H2. The molecule has 0 fully saturated rings. The summed E-state index contributed by atoms with van der Waals surface area (Å²) in [6.45, 7) is 3.43. The molecule has 0 atom stereocenters. The number of hydrogen-bond donors (Lipinski definition) is 0. The third-order valence-corrected chi connectivity index (χ3v) is 7.65. The summed E-state index contributed by atoms with van der Waals surface area (Å²) in [6.07, 6.45) is 5.28. The van der Waals surface area contributed by atoms with Crippen LogP contribution in [0.1, 0.15) is 11.1 Å². The first-order chi connectivity index (χ1) is 20.7. The lowest BCUT2D eigenvalue weighted by atomic mass is 9.93. The molecule has 3 nitrogen and oxygen atoms in total. The third-order valence-electron chi connectivity index (χ3n) is 7.65. The van der Waals surface area contributed by atoms with E-state index in [4.69, 9.17) is 4.74 Å². The molecule has 42 heavy (non-hydrogen) atoms. The van der Waals surface area contributed by atoms with Crippen molar-refractivity contribution in [1.82, 2.24) is 0 Å². The van der Waals surface area contributed by atoms with Crippen molar-refractivity contribution < 1.29 is 9.53 Å². The number of benzene rings is 7. The lowest BCUT2D eigenvalue weighted by Gasteiger charge is -2.27. The summed E-state index contributed by atoms with van der Waals surface area (Å²) in [5, 5.41) is 7.61. The largest absolute Gasteiger partial charge is 0.423 e. The van der Waals surface area contributed by atoms with Crippen molar-refractivity contribution in [2.24, 2.45) is 0 Å². The molecular weight excluding hydrogens is 514 g/mol. The summed E-state index contributed by atoms with van der Waals surface area (Å²) in [6, 6.07) is 46.5. The first kappa shape index (κ1) is 25.3. The average molecular weight is 542 g/mol. The first-order valence-electron chi connectivity index (χ1n) is 13.9. The van der Waals surface area contributed by atoms with Gasteiger partial charge in [0.2, 0.25) is 0 Å². The molecule has 0 unspecified atom stereocenters. The van der Waals surface area contributed by atoms with Crippen LogP contribution in [0.3, 0.4) is 0 Å². The molecule has 0 saturated carbocycles. The maximum Gasteiger partial charge on any atom is 0.335 e. The number of para-hydroxylation sites is 1. The zero-order valence-corrected chi connectivity index (χ0v) is 22.9.